The van der Waals surface area contributed by atoms with Crippen molar-refractivity contribution in [2.75, 3.05) is 50.2 Å². The molecule has 0 radical (unpaired) electrons. The summed E-state index contributed by atoms with van der Waals surface area (Å²) in [5.74, 6) is 0. The molecule has 1 fully saturated rings. The van der Waals surface area contributed by atoms with Gasteiger partial charge in [0.25, 0.3) is 0 Å². The lowest BCUT2D eigenvalue weighted by Crippen LogP contribution is -2.36. The molecule has 1 aromatic carbocycles. The molecule has 0 unspecified atom stereocenters. The van der Waals surface area contributed by atoms with Gasteiger partial charge in [-0.25, -0.2) is 4.98 Å². The van der Waals surface area contributed by atoms with Crippen LogP contribution in [0.2, 0.25) is 0 Å². The van der Waals surface area contributed by atoms with Gasteiger partial charge in [-0.2, -0.15) is 0 Å². The number of morpholine rings is 1. The molecule has 4 rings (SSSR count). The second-order valence-electron chi connectivity index (χ2n) is 8.59. The van der Waals surface area contributed by atoms with E-state index in [1.807, 2.05) is 25.1 Å². The van der Waals surface area contributed by atoms with Crippen LogP contribution in [0.15, 0.2) is 29.1 Å². The minimum Gasteiger partial charge on any atom is -0.378 e. The van der Waals surface area contributed by atoms with E-state index in [0.29, 0.717) is 0 Å². The first-order valence-corrected chi connectivity index (χ1v) is 12.3. The number of rotatable bonds is 8. The molecule has 0 atom stereocenters. The Morgan fingerprint density at radius 3 is 2.61 bits per heavy atom. The second kappa shape index (κ2) is 9.96. The number of aryl methyl sites for hydroxylation is 1. The van der Waals surface area contributed by atoms with Gasteiger partial charge < -0.3 is 14.5 Å². The molecule has 0 spiro atoms. The van der Waals surface area contributed by atoms with Gasteiger partial charge in [-0.05, 0) is 37.1 Å². The van der Waals surface area contributed by atoms with Crippen molar-refractivity contribution in [1.29, 1.82) is 0 Å². The van der Waals surface area contributed by atoms with E-state index in [9.17, 15) is 4.79 Å². The van der Waals surface area contributed by atoms with Crippen LogP contribution >= 0.6 is 11.3 Å². The van der Waals surface area contributed by atoms with E-state index in [-0.39, 0.29) is 5.43 Å². The first-order chi connectivity index (χ1) is 15.1. The highest BCUT2D eigenvalue weighted by molar-refractivity contribution is 7.22. The predicted octanol–water partition coefficient (Wildman–Crippen LogP) is 5.18. The Kier molecular flexibility index (Phi) is 7.08. The van der Waals surface area contributed by atoms with E-state index in [1.165, 1.54) is 31.4 Å². The van der Waals surface area contributed by atoms with Crippen molar-refractivity contribution < 1.29 is 4.74 Å². The smallest absolute Gasteiger partial charge is 0.206 e. The summed E-state index contributed by atoms with van der Waals surface area (Å²) >= 11 is 1.68. The molecule has 0 saturated carbocycles. The summed E-state index contributed by atoms with van der Waals surface area (Å²) in [5, 5.41) is 0. The highest BCUT2D eigenvalue weighted by atomic mass is 32.1. The van der Waals surface area contributed by atoms with Gasteiger partial charge in [0.2, 0.25) is 5.43 Å². The highest BCUT2D eigenvalue weighted by Gasteiger charge is 2.21. The Labute approximate surface area is 189 Å². The fourth-order valence-electron chi connectivity index (χ4n) is 4.30. The lowest BCUT2D eigenvalue weighted by atomic mass is 10.0. The molecule has 166 valence electrons. The first kappa shape index (κ1) is 22.0. The molecule has 2 heterocycles. The third-order valence-electron chi connectivity index (χ3n) is 6.03. The molecule has 0 amide bonds. The number of hydrogen-bond acceptors (Lipinski definition) is 6. The second-order valence-corrected chi connectivity index (χ2v) is 9.64. The molecule has 5 nitrogen and oxygen atoms in total. The lowest BCUT2D eigenvalue weighted by Gasteiger charge is -2.29. The van der Waals surface area contributed by atoms with Crippen LogP contribution in [0.4, 0.5) is 11.4 Å². The molecule has 3 aliphatic rings. The fourth-order valence-corrected chi connectivity index (χ4v) is 5.50. The molecule has 0 aromatic heterocycles. The largest absolute Gasteiger partial charge is 0.378 e. The van der Waals surface area contributed by atoms with E-state index in [0.717, 1.165) is 71.2 Å². The number of benzene rings is 2. The Balaban J connectivity index is 1.72. The van der Waals surface area contributed by atoms with Crippen molar-refractivity contribution in [3.05, 3.63) is 40.1 Å². The van der Waals surface area contributed by atoms with Crippen LogP contribution < -0.4 is 15.2 Å². The first-order valence-electron chi connectivity index (χ1n) is 11.5. The zero-order chi connectivity index (χ0) is 21.8. The lowest BCUT2D eigenvalue weighted by molar-refractivity contribution is 0.122. The van der Waals surface area contributed by atoms with Crippen LogP contribution in [0.3, 0.4) is 0 Å². The molecule has 2 aliphatic heterocycles. The predicted molar refractivity (Wildman–Crippen MR) is 132 cm³/mol. The maximum Gasteiger partial charge on any atom is 0.206 e. The van der Waals surface area contributed by atoms with Gasteiger partial charge in [0, 0.05) is 38.4 Å². The number of anilines is 2. The Morgan fingerprint density at radius 1 is 1.10 bits per heavy atom. The van der Waals surface area contributed by atoms with Crippen LogP contribution in [0.25, 0.3) is 20.8 Å². The topological polar surface area (TPSA) is 45.7 Å². The maximum absolute atomic E-state index is 13.3. The zero-order valence-electron chi connectivity index (χ0n) is 18.9. The number of unbranched alkanes of at least 4 members (excludes halogenated alkanes) is 4. The van der Waals surface area contributed by atoms with E-state index in [2.05, 4.69) is 30.0 Å². The van der Waals surface area contributed by atoms with Gasteiger partial charge in [0.1, 0.15) is 5.69 Å². The van der Waals surface area contributed by atoms with Gasteiger partial charge in [-0.15, -0.1) is 11.3 Å². The fraction of sp³-hybridized carbons (Fsp3) is 0.520. The number of hydrogen-bond donors (Lipinski definition) is 0. The maximum atomic E-state index is 13.3. The summed E-state index contributed by atoms with van der Waals surface area (Å²) in [6.45, 7) is 5.58. The normalized spacial score (nSPS) is 14.5. The van der Waals surface area contributed by atoms with Crippen LogP contribution in [0, 0.1) is 0 Å². The number of ether oxygens (including phenoxy) is 1. The van der Waals surface area contributed by atoms with Crippen LogP contribution in [-0.2, 0) is 11.2 Å². The summed E-state index contributed by atoms with van der Waals surface area (Å²) in [7, 11) is 3.92. The van der Waals surface area contributed by atoms with Gasteiger partial charge in [-0.3, -0.25) is 4.79 Å². The monoisotopic (exact) mass is 439 g/mol. The van der Waals surface area contributed by atoms with Gasteiger partial charge in [-0.1, -0.05) is 32.6 Å². The molecule has 31 heavy (non-hydrogen) atoms. The summed E-state index contributed by atoms with van der Waals surface area (Å²) in [5.41, 5.74) is 4.96. The minimum atomic E-state index is 0.162. The van der Waals surface area contributed by atoms with Crippen molar-refractivity contribution in [3.63, 3.8) is 0 Å². The average Bonchev–Trinajstić information content (AvgIpc) is 2.78. The standard InChI is InChI=1S/C25H33N3O2S/c1-4-5-6-7-8-9-18-16-21-25(23(24(18)29)27(2)3)31-22-17-19(10-11-20(22)26-21)28-12-14-30-15-13-28/h10-11,16-17H,4-9,12-15H2,1-3H3. The van der Waals surface area contributed by atoms with E-state index in [4.69, 9.17) is 9.72 Å². The summed E-state index contributed by atoms with van der Waals surface area (Å²) in [4.78, 5) is 23.6. The summed E-state index contributed by atoms with van der Waals surface area (Å²) < 4.78 is 6.61. The Bertz CT molecular complexity index is 1060. The van der Waals surface area contributed by atoms with Gasteiger partial charge in [0.15, 0.2) is 0 Å². The Hall–Kier alpha value is -2.18. The number of aromatic nitrogens is 1. The molecule has 0 bridgehead atoms. The SMILES string of the molecule is CCCCCCCc1cc2nc3ccc(N4CCOCC4)cc3sc-2c(N(C)C)c1=O. The molecular weight excluding hydrogens is 406 g/mol. The molecule has 1 saturated heterocycles. The summed E-state index contributed by atoms with van der Waals surface area (Å²) in [6.07, 6.45) is 6.83. The van der Waals surface area contributed by atoms with Crippen molar-refractivity contribution in [2.24, 2.45) is 0 Å². The van der Waals surface area contributed by atoms with Gasteiger partial charge >= 0.3 is 0 Å². The van der Waals surface area contributed by atoms with Gasteiger partial charge in [0.05, 0.1) is 34.0 Å². The third-order valence-corrected chi connectivity index (χ3v) is 7.19. The van der Waals surface area contributed by atoms with Crippen molar-refractivity contribution in [1.82, 2.24) is 4.98 Å². The molecule has 6 heteroatoms. The molecule has 1 aliphatic carbocycles. The average molecular weight is 440 g/mol. The molecular formula is C25H33N3O2S. The van der Waals surface area contributed by atoms with E-state index in [1.54, 1.807) is 11.3 Å². The molecule has 0 N–H and O–H groups in total. The van der Waals surface area contributed by atoms with E-state index >= 15 is 0 Å². The minimum absolute atomic E-state index is 0.162. The van der Waals surface area contributed by atoms with Crippen molar-refractivity contribution in [2.45, 2.75) is 45.4 Å². The van der Waals surface area contributed by atoms with Crippen LogP contribution in [-0.4, -0.2) is 45.4 Å². The quantitative estimate of drug-likeness (QED) is 0.358. The zero-order valence-corrected chi connectivity index (χ0v) is 19.8. The molecule has 1 aromatic rings. The third kappa shape index (κ3) is 4.85. The van der Waals surface area contributed by atoms with Crippen LogP contribution in [0.1, 0.15) is 44.6 Å². The van der Waals surface area contributed by atoms with Crippen molar-refractivity contribution >= 4 is 32.9 Å². The summed E-state index contributed by atoms with van der Waals surface area (Å²) in [6, 6.07) is 8.52. The van der Waals surface area contributed by atoms with E-state index < -0.39 is 0 Å². The van der Waals surface area contributed by atoms with Crippen molar-refractivity contribution in [3.8, 4) is 10.6 Å². The highest BCUT2D eigenvalue weighted by Crippen LogP contribution is 2.38. The Morgan fingerprint density at radius 2 is 1.87 bits per heavy atom. The number of nitrogens with zero attached hydrogens (tertiary/aromatic N) is 3. The number of fused-ring (bicyclic) bond motifs is 2. The van der Waals surface area contributed by atoms with Crippen LogP contribution in [0.5, 0.6) is 0 Å².